The molecule has 9 heteroatoms. The number of para-hydroxylation sites is 1. The van der Waals surface area contributed by atoms with E-state index in [1.54, 1.807) is 70.2 Å². The quantitative estimate of drug-likeness (QED) is 0.633. The van der Waals surface area contributed by atoms with Crippen LogP contribution in [0.3, 0.4) is 0 Å². The summed E-state index contributed by atoms with van der Waals surface area (Å²) in [5.41, 5.74) is -2.93. The number of benzene rings is 2. The highest BCUT2D eigenvalue weighted by Crippen LogP contribution is 2.42. The first-order chi connectivity index (χ1) is 16.4. The first-order valence-electron chi connectivity index (χ1n) is 11.0. The third-order valence-electron chi connectivity index (χ3n) is 5.17. The third-order valence-corrected chi connectivity index (χ3v) is 5.17. The highest BCUT2D eigenvalue weighted by Gasteiger charge is 2.53. The molecule has 0 fully saturated rings. The molecule has 4 amide bonds. The number of amides is 4. The molecule has 0 spiro atoms. The predicted molar refractivity (Wildman–Crippen MR) is 127 cm³/mol. The number of ether oxygens (including phenoxy) is 2. The number of nitrogens with zero attached hydrogens (tertiary/aromatic N) is 2. The lowest BCUT2D eigenvalue weighted by atomic mass is 9.94. The minimum atomic E-state index is -2.25. The number of anilines is 1. The van der Waals surface area contributed by atoms with Gasteiger partial charge in [0, 0.05) is 23.1 Å². The highest BCUT2D eigenvalue weighted by atomic mass is 16.6. The van der Waals surface area contributed by atoms with Crippen LogP contribution in [0.4, 0.5) is 15.3 Å². The van der Waals surface area contributed by atoms with E-state index in [4.69, 9.17) is 9.47 Å². The van der Waals surface area contributed by atoms with E-state index in [-0.39, 0.29) is 29.0 Å². The molecule has 9 nitrogen and oxygen atoms in total. The van der Waals surface area contributed by atoms with Crippen LogP contribution in [0, 0.1) is 0 Å². The molecule has 1 heterocycles. The molecule has 2 aromatic rings. The molecule has 1 unspecified atom stereocenters. The molecule has 1 atom stereocenters. The van der Waals surface area contributed by atoms with E-state index in [0.717, 1.165) is 4.90 Å². The molecule has 184 valence electrons. The molecular weight excluding hydrogens is 452 g/mol. The van der Waals surface area contributed by atoms with Crippen LogP contribution in [0.5, 0.6) is 0 Å². The van der Waals surface area contributed by atoms with Crippen molar-refractivity contribution in [1.29, 1.82) is 0 Å². The van der Waals surface area contributed by atoms with Crippen LogP contribution in [0.25, 0.3) is 0 Å². The maximum atomic E-state index is 13.5. The Morgan fingerprint density at radius 1 is 1.06 bits per heavy atom. The number of carbonyl (C=O) groups excluding carboxylic acids is 4. The SMILES string of the molecule is C=C(CC1(O)c2ccccc2C(=O)N1C(=O)OCC)C(=O)N(C(=O)OC(C)(C)C)c1ccccc1. The molecule has 0 radical (unpaired) electrons. The topological polar surface area (TPSA) is 113 Å². The molecule has 0 aliphatic carbocycles. The van der Waals surface area contributed by atoms with E-state index < -0.39 is 41.7 Å². The van der Waals surface area contributed by atoms with Crippen molar-refractivity contribution in [2.75, 3.05) is 11.5 Å². The Labute approximate surface area is 203 Å². The summed E-state index contributed by atoms with van der Waals surface area (Å²) in [7, 11) is 0. The normalized spacial score (nSPS) is 16.9. The monoisotopic (exact) mass is 480 g/mol. The summed E-state index contributed by atoms with van der Waals surface area (Å²) in [6.45, 7) is 10.3. The van der Waals surface area contributed by atoms with Crippen molar-refractivity contribution in [3.63, 3.8) is 0 Å². The third kappa shape index (κ3) is 5.09. The Balaban J connectivity index is 2.00. The van der Waals surface area contributed by atoms with Gasteiger partial charge in [-0.1, -0.05) is 43.0 Å². The molecule has 35 heavy (non-hydrogen) atoms. The van der Waals surface area contributed by atoms with Crippen molar-refractivity contribution >= 4 is 29.7 Å². The summed E-state index contributed by atoms with van der Waals surface area (Å²) in [6.07, 6.45) is -2.56. The average Bonchev–Trinajstić information content (AvgIpc) is 3.00. The van der Waals surface area contributed by atoms with E-state index in [9.17, 15) is 24.3 Å². The van der Waals surface area contributed by atoms with E-state index in [1.165, 1.54) is 12.1 Å². The molecule has 1 aliphatic heterocycles. The fourth-order valence-electron chi connectivity index (χ4n) is 3.75. The zero-order valence-corrected chi connectivity index (χ0v) is 20.1. The van der Waals surface area contributed by atoms with Gasteiger partial charge in [-0.3, -0.25) is 9.59 Å². The van der Waals surface area contributed by atoms with Gasteiger partial charge in [-0.05, 0) is 45.9 Å². The van der Waals surface area contributed by atoms with Gasteiger partial charge in [0.1, 0.15) is 5.60 Å². The number of carbonyl (C=O) groups is 4. The highest BCUT2D eigenvalue weighted by molar-refractivity contribution is 6.19. The van der Waals surface area contributed by atoms with Crippen molar-refractivity contribution in [2.24, 2.45) is 0 Å². The minimum Gasteiger partial charge on any atom is -0.449 e. The molecule has 0 saturated heterocycles. The van der Waals surface area contributed by atoms with Crippen LogP contribution in [-0.2, 0) is 20.0 Å². The van der Waals surface area contributed by atoms with Gasteiger partial charge < -0.3 is 14.6 Å². The van der Waals surface area contributed by atoms with Gasteiger partial charge in [0.2, 0.25) is 0 Å². The summed E-state index contributed by atoms with van der Waals surface area (Å²) >= 11 is 0. The maximum Gasteiger partial charge on any atom is 0.422 e. The Morgan fingerprint density at radius 3 is 2.26 bits per heavy atom. The first kappa shape index (κ1) is 25.6. The summed E-state index contributed by atoms with van der Waals surface area (Å²) in [5, 5.41) is 11.6. The van der Waals surface area contributed by atoms with E-state index >= 15 is 0 Å². The lowest BCUT2D eigenvalue weighted by molar-refractivity contribution is -0.117. The van der Waals surface area contributed by atoms with E-state index in [1.807, 2.05) is 0 Å². The van der Waals surface area contributed by atoms with Crippen LogP contribution in [0.1, 0.15) is 50.0 Å². The van der Waals surface area contributed by atoms with Gasteiger partial charge in [0.25, 0.3) is 11.8 Å². The van der Waals surface area contributed by atoms with Gasteiger partial charge in [0.15, 0.2) is 5.72 Å². The van der Waals surface area contributed by atoms with Gasteiger partial charge in [-0.25, -0.2) is 19.4 Å². The number of fused-ring (bicyclic) bond motifs is 1. The van der Waals surface area contributed by atoms with Gasteiger partial charge >= 0.3 is 12.2 Å². The second-order valence-corrected chi connectivity index (χ2v) is 8.94. The van der Waals surface area contributed by atoms with Crippen LogP contribution in [-0.4, -0.2) is 46.2 Å². The molecular formula is C26H28N2O7. The Hall–Kier alpha value is -3.98. The van der Waals surface area contributed by atoms with Crippen molar-refractivity contribution in [1.82, 2.24) is 4.90 Å². The second kappa shape index (κ2) is 9.71. The van der Waals surface area contributed by atoms with Crippen LogP contribution >= 0.6 is 0 Å². The van der Waals surface area contributed by atoms with Crippen LogP contribution in [0.2, 0.25) is 0 Å². The largest absolute Gasteiger partial charge is 0.449 e. The van der Waals surface area contributed by atoms with Crippen LogP contribution in [0.15, 0.2) is 66.7 Å². The molecule has 0 saturated carbocycles. The minimum absolute atomic E-state index is 0.0324. The fraction of sp³-hybridized carbons (Fsp3) is 0.308. The first-order valence-corrected chi connectivity index (χ1v) is 11.0. The Kier molecular flexibility index (Phi) is 7.11. The molecule has 0 aromatic heterocycles. The van der Waals surface area contributed by atoms with Gasteiger partial charge in [-0.15, -0.1) is 0 Å². The van der Waals surface area contributed by atoms with Crippen molar-refractivity contribution in [3.8, 4) is 0 Å². The van der Waals surface area contributed by atoms with Crippen molar-refractivity contribution < 1.29 is 33.8 Å². The van der Waals surface area contributed by atoms with E-state index in [2.05, 4.69) is 6.58 Å². The smallest absolute Gasteiger partial charge is 0.422 e. The van der Waals surface area contributed by atoms with Gasteiger partial charge in [-0.2, -0.15) is 0 Å². The van der Waals surface area contributed by atoms with Crippen molar-refractivity contribution in [2.45, 2.75) is 45.4 Å². The summed E-state index contributed by atoms with van der Waals surface area (Å²) < 4.78 is 10.4. The number of imide groups is 2. The molecule has 1 aliphatic rings. The number of aliphatic hydroxyl groups is 1. The number of rotatable bonds is 5. The van der Waals surface area contributed by atoms with E-state index in [0.29, 0.717) is 4.90 Å². The number of hydrogen-bond donors (Lipinski definition) is 1. The zero-order valence-electron chi connectivity index (χ0n) is 20.1. The molecule has 1 N–H and O–H groups in total. The van der Waals surface area contributed by atoms with Crippen LogP contribution < -0.4 is 4.90 Å². The second-order valence-electron chi connectivity index (χ2n) is 8.94. The Bertz CT molecular complexity index is 1170. The van der Waals surface area contributed by atoms with Gasteiger partial charge in [0.05, 0.1) is 12.3 Å². The Morgan fingerprint density at radius 2 is 1.66 bits per heavy atom. The maximum absolute atomic E-state index is 13.5. The lowest BCUT2D eigenvalue weighted by Crippen LogP contribution is -2.49. The van der Waals surface area contributed by atoms with Crippen molar-refractivity contribution in [3.05, 3.63) is 77.9 Å². The standard InChI is InChI=1S/C26H28N2O7/c1-6-34-24(32)28-22(30)19-14-10-11-15-20(19)26(28,33)16-17(2)21(29)27(18-12-8-7-9-13-18)23(31)35-25(3,4)5/h7-15,33H,2,6,16H2,1,3-5H3. The zero-order chi connectivity index (χ0) is 26.0. The summed E-state index contributed by atoms with van der Waals surface area (Å²) in [6, 6.07) is 14.2. The molecule has 3 rings (SSSR count). The predicted octanol–water partition coefficient (Wildman–Crippen LogP) is 4.36. The molecule has 2 aromatic carbocycles. The summed E-state index contributed by atoms with van der Waals surface area (Å²) in [4.78, 5) is 53.4. The molecule has 0 bridgehead atoms. The summed E-state index contributed by atoms with van der Waals surface area (Å²) in [5.74, 6) is -1.63. The average molecular weight is 481 g/mol. The fourth-order valence-corrected chi connectivity index (χ4v) is 3.75. The number of hydrogen-bond acceptors (Lipinski definition) is 7. The lowest BCUT2D eigenvalue weighted by Gasteiger charge is -2.33.